The van der Waals surface area contributed by atoms with Crippen molar-refractivity contribution in [2.45, 2.75) is 6.92 Å². The number of hydrogen-bond acceptors (Lipinski definition) is 2. The maximum absolute atomic E-state index is 4.75. The molecule has 1 aromatic carbocycles. The topological polar surface area (TPSA) is 25.8 Å². The van der Waals surface area contributed by atoms with Gasteiger partial charge in [-0.15, -0.1) is 0 Å². The van der Waals surface area contributed by atoms with Crippen molar-refractivity contribution in [2.24, 2.45) is 0 Å². The van der Waals surface area contributed by atoms with E-state index in [0.29, 0.717) is 0 Å². The first-order valence-electron chi connectivity index (χ1n) is 6.27. The second kappa shape index (κ2) is 5.02. The Labute approximate surface area is 112 Å². The third kappa shape index (κ3) is 2.52. The zero-order valence-corrected chi connectivity index (χ0v) is 10.7. The summed E-state index contributed by atoms with van der Waals surface area (Å²) in [6, 6.07) is 18.4. The van der Waals surface area contributed by atoms with E-state index in [0.717, 1.165) is 22.5 Å². The number of rotatable bonds is 2. The maximum atomic E-state index is 4.75. The number of pyridine rings is 2. The van der Waals surface area contributed by atoms with E-state index in [-0.39, 0.29) is 0 Å². The number of aryl methyl sites for hydroxylation is 1. The minimum Gasteiger partial charge on any atom is -0.265 e. The van der Waals surface area contributed by atoms with Crippen molar-refractivity contribution in [3.8, 4) is 22.5 Å². The zero-order valence-electron chi connectivity index (χ0n) is 10.7. The molecule has 2 nitrogen and oxygen atoms in total. The van der Waals surface area contributed by atoms with Crippen LogP contribution in [0.2, 0.25) is 0 Å². The third-order valence-corrected chi connectivity index (χ3v) is 3.02. The molecule has 0 amide bonds. The first-order chi connectivity index (χ1) is 9.33. The van der Waals surface area contributed by atoms with Crippen LogP contribution in [0.3, 0.4) is 0 Å². The highest BCUT2D eigenvalue weighted by Crippen LogP contribution is 2.23. The van der Waals surface area contributed by atoms with Crippen molar-refractivity contribution in [1.82, 2.24) is 9.97 Å². The number of aromatic nitrogens is 2. The van der Waals surface area contributed by atoms with Crippen molar-refractivity contribution in [3.05, 3.63) is 72.6 Å². The third-order valence-electron chi connectivity index (χ3n) is 3.02. The molecule has 0 bridgehead atoms. The standard InChI is InChI=1S/C17H14N2/c1-13-11-16(14-5-3-2-4-6-14)19-17(12-13)15-7-9-18-10-8-15/h2-12H,1H3. The first kappa shape index (κ1) is 11.6. The fourth-order valence-electron chi connectivity index (χ4n) is 2.09. The van der Waals surface area contributed by atoms with Crippen LogP contribution in [-0.4, -0.2) is 9.97 Å². The maximum Gasteiger partial charge on any atom is 0.0713 e. The van der Waals surface area contributed by atoms with Crippen LogP contribution in [0.5, 0.6) is 0 Å². The quantitative estimate of drug-likeness (QED) is 0.679. The summed E-state index contributed by atoms with van der Waals surface area (Å²) < 4.78 is 0. The highest BCUT2D eigenvalue weighted by Gasteiger charge is 2.04. The lowest BCUT2D eigenvalue weighted by molar-refractivity contribution is 1.27. The van der Waals surface area contributed by atoms with Crippen LogP contribution in [0.1, 0.15) is 5.56 Å². The van der Waals surface area contributed by atoms with Crippen molar-refractivity contribution >= 4 is 0 Å². The summed E-state index contributed by atoms with van der Waals surface area (Å²) in [5.74, 6) is 0. The Kier molecular flexibility index (Phi) is 3.07. The van der Waals surface area contributed by atoms with Crippen LogP contribution >= 0.6 is 0 Å². The monoisotopic (exact) mass is 246 g/mol. The molecule has 2 aromatic heterocycles. The molecular formula is C17H14N2. The molecule has 0 radical (unpaired) electrons. The number of benzene rings is 1. The molecule has 3 aromatic rings. The second-order valence-electron chi connectivity index (χ2n) is 4.52. The van der Waals surface area contributed by atoms with Crippen LogP contribution in [0.4, 0.5) is 0 Å². The summed E-state index contributed by atoms with van der Waals surface area (Å²) in [4.78, 5) is 8.79. The largest absolute Gasteiger partial charge is 0.265 e. The molecule has 2 heterocycles. The molecule has 2 heteroatoms. The average Bonchev–Trinajstić information content (AvgIpc) is 2.48. The molecule has 0 saturated carbocycles. The molecule has 0 aliphatic heterocycles. The molecule has 92 valence electrons. The molecule has 0 atom stereocenters. The van der Waals surface area contributed by atoms with Crippen LogP contribution in [0.15, 0.2) is 67.0 Å². The van der Waals surface area contributed by atoms with Crippen LogP contribution in [0, 0.1) is 6.92 Å². The van der Waals surface area contributed by atoms with E-state index >= 15 is 0 Å². The van der Waals surface area contributed by atoms with Crippen molar-refractivity contribution < 1.29 is 0 Å². The molecule has 19 heavy (non-hydrogen) atoms. The van der Waals surface area contributed by atoms with E-state index < -0.39 is 0 Å². The summed E-state index contributed by atoms with van der Waals surface area (Å²) >= 11 is 0. The van der Waals surface area contributed by atoms with Gasteiger partial charge in [0.2, 0.25) is 0 Å². The lowest BCUT2D eigenvalue weighted by Gasteiger charge is -2.07. The highest BCUT2D eigenvalue weighted by atomic mass is 14.7. The summed E-state index contributed by atoms with van der Waals surface area (Å²) in [6.07, 6.45) is 3.59. The van der Waals surface area contributed by atoms with Gasteiger partial charge in [-0.3, -0.25) is 4.98 Å². The lowest BCUT2D eigenvalue weighted by atomic mass is 10.1. The molecule has 0 unspecified atom stereocenters. The van der Waals surface area contributed by atoms with Crippen LogP contribution < -0.4 is 0 Å². The fraction of sp³-hybridized carbons (Fsp3) is 0.0588. The molecule has 3 rings (SSSR count). The molecule has 0 aliphatic rings. The molecule has 0 N–H and O–H groups in total. The first-order valence-corrected chi connectivity index (χ1v) is 6.27. The van der Waals surface area contributed by atoms with Gasteiger partial charge in [-0.05, 0) is 36.8 Å². The van der Waals surface area contributed by atoms with Crippen molar-refractivity contribution in [3.63, 3.8) is 0 Å². The van der Waals surface area contributed by atoms with Gasteiger partial charge in [0.05, 0.1) is 11.4 Å². The minimum atomic E-state index is 0.987. The van der Waals surface area contributed by atoms with Gasteiger partial charge in [-0.2, -0.15) is 0 Å². The Balaban J connectivity index is 2.12. The Bertz CT molecular complexity index is 618. The minimum absolute atomic E-state index is 0.987. The zero-order chi connectivity index (χ0) is 13.1. The smallest absolute Gasteiger partial charge is 0.0713 e. The van der Waals surface area contributed by atoms with Gasteiger partial charge < -0.3 is 0 Å². The summed E-state index contributed by atoms with van der Waals surface area (Å²) in [5.41, 5.74) is 5.44. The second-order valence-corrected chi connectivity index (χ2v) is 4.52. The Morgan fingerprint density at radius 3 is 1.95 bits per heavy atom. The van der Waals surface area contributed by atoms with Crippen LogP contribution in [-0.2, 0) is 0 Å². The van der Waals surface area contributed by atoms with E-state index in [1.54, 1.807) is 12.4 Å². The van der Waals surface area contributed by atoms with Crippen molar-refractivity contribution in [2.75, 3.05) is 0 Å². The van der Waals surface area contributed by atoms with E-state index in [1.807, 2.05) is 30.3 Å². The summed E-state index contributed by atoms with van der Waals surface area (Å²) in [5, 5.41) is 0. The highest BCUT2D eigenvalue weighted by molar-refractivity contribution is 5.66. The SMILES string of the molecule is Cc1cc(-c2ccccc2)nc(-c2ccncc2)c1. The van der Waals surface area contributed by atoms with Crippen molar-refractivity contribution in [1.29, 1.82) is 0 Å². The van der Waals surface area contributed by atoms with E-state index in [4.69, 9.17) is 4.98 Å². The molecule has 0 saturated heterocycles. The predicted octanol–water partition coefficient (Wildman–Crippen LogP) is 4.12. The van der Waals surface area contributed by atoms with Gasteiger partial charge in [0.15, 0.2) is 0 Å². The molecule has 0 spiro atoms. The summed E-state index contributed by atoms with van der Waals surface area (Å²) in [7, 11) is 0. The lowest BCUT2D eigenvalue weighted by Crippen LogP contribution is -1.90. The van der Waals surface area contributed by atoms with E-state index in [9.17, 15) is 0 Å². The van der Waals surface area contributed by atoms with Gasteiger partial charge in [0.25, 0.3) is 0 Å². The summed E-state index contributed by atoms with van der Waals surface area (Å²) in [6.45, 7) is 2.10. The molecular weight excluding hydrogens is 232 g/mol. The van der Waals surface area contributed by atoms with Gasteiger partial charge in [0, 0.05) is 23.5 Å². The Morgan fingerprint density at radius 1 is 0.737 bits per heavy atom. The van der Waals surface area contributed by atoms with Gasteiger partial charge in [-0.1, -0.05) is 30.3 Å². The van der Waals surface area contributed by atoms with Gasteiger partial charge >= 0.3 is 0 Å². The Morgan fingerprint density at radius 2 is 1.32 bits per heavy atom. The predicted molar refractivity (Wildman–Crippen MR) is 77.6 cm³/mol. The fourth-order valence-corrected chi connectivity index (χ4v) is 2.09. The number of hydrogen-bond donors (Lipinski definition) is 0. The van der Waals surface area contributed by atoms with E-state index in [1.165, 1.54) is 5.56 Å². The number of nitrogens with zero attached hydrogens (tertiary/aromatic N) is 2. The molecule has 0 aliphatic carbocycles. The van der Waals surface area contributed by atoms with Crippen LogP contribution in [0.25, 0.3) is 22.5 Å². The van der Waals surface area contributed by atoms with Gasteiger partial charge in [0.1, 0.15) is 0 Å². The molecule has 0 fully saturated rings. The van der Waals surface area contributed by atoms with E-state index in [2.05, 4.69) is 36.2 Å². The Hall–Kier alpha value is -2.48. The normalized spacial score (nSPS) is 10.4. The average molecular weight is 246 g/mol. The van der Waals surface area contributed by atoms with Gasteiger partial charge in [-0.25, -0.2) is 4.98 Å².